The molecule has 0 radical (unpaired) electrons. The topological polar surface area (TPSA) is 41.9 Å². The molecule has 9 aromatic rings. The standard InChI is InChI=1S/C57H49BN4/c1-35-29-37(3)51(38(4)30-35)58-52-39(5)31-36(2)32-46(52)34-47-33-40(6)54(41(7)53(47)58)62(49-28-27-42-19-17-18-26-48(42)50(49)43-20-11-8-12-21-43)57-60-55(44-22-13-9-14-23-44)59-56(61-57)45-24-15-10-16-25-45/h8-33H,34H2,1-7H3. The lowest BCUT2D eigenvalue weighted by atomic mass is 9.31. The third kappa shape index (κ3) is 6.79. The second-order valence-corrected chi connectivity index (χ2v) is 17.2. The van der Waals surface area contributed by atoms with E-state index >= 15 is 0 Å². The summed E-state index contributed by atoms with van der Waals surface area (Å²) >= 11 is 0. The van der Waals surface area contributed by atoms with Crippen molar-refractivity contribution in [3.05, 3.63) is 208 Å². The second-order valence-electron chi connectivity index (χ2n) is 17.2. The second kappa shape index (κ2) is 15.7. The largest absolute Gasteiger partial charge is 0.278 e. The van der Waals surface area contributed by atoms with Gasteiger partial charge in [-0.1, -0.05) is 196 Å². The fourth-order valence-corrected chi connectivity index (χ4v) is 10.5. The monoisotopic (exact) mass is 800 g/mol. The molecule has 0 amide bonds. The lowest BCUT2D eigenvalue weighted by molar-refractivity contribution is 1.01. The molecule has 0 fully saturated rings. The molecule has 8 aromatic carbocycles. The summed E-state index contributed by atoms with van der Waals surface area (Å²) in [6, 6.07) is 56.5. The van der Waals surface area contributed by atoms with Crippen LogP contribution in [0.4, 0.5) is 17.3 Å². The van der Waals surface area contributed by atoms with Crippen molar-refractivity contribution in [2.24, 2.45) is 0 Å². The van der Waals surface area contributed by atoms with Gasteiger partial charge in [0.05, 0.1) is 11.4 Å². The van der Waals surface area contributed by atoms with Crippen LogP contribution in [-0.4, -0.2) is 21.7 Å². The Morgan fingerprint density at radius 3 is 1.58 bits per heavy atom. The Labute approximate surface area is 366 Å². The van der Waals surface area contributed by atoms with Gasteiger partial charge in [-0.05, 0) is 99.5 Å². The van der Waals surface area contributed by atoms with E-state index in [2.05, 4.69) is 175 Å². The van der Waals surface area contributed by atoms with Crippen LogP contribution in [0, 0.1) is 48.5 Å². The lowest BCUT2D eigenvalue weighted by Gasteiger charge is -2.36. The number of rotatable bonds is 7. The minimum absolute atomic E-state index is 0.0412. The molecule has 1 aliphatic heterocycles. The molecule has 5 heteroatoms. The number of aryl methyl sites for hydroxylation is 6. The average molecular weight is 801 g/mol. The van der Waals surface area contributed by atoms with Crippen LogP contribution in [-0.2, 0) is 6.42 Å². The molecule has 0 atom stereocenters. The van der Waals surface area contributed by atoms with E-state index in [-0.39, 0.29) is 6.71 Å². The molecular weight excluding hydrogens is 751 g/mol. The molecule has 0 unspecified atom stereocenters. The molecule has 0 spiro atoms. The highest BCUT2D eigenvalue weighted by molar-refractivity contribution is 6.97. The molecule has 0 bridgehead atoms. The zero-order valence-electron chi connectivity index (χ0n) is 36.6. The van der Waals surface area contributed by atoms with Crippen LogP contribution in [0.2, 0.25) is 0 Å². The fourth-order valence-electron chi connectivity index (χ4n) is 10.5. The van der Waals surface area contributed by atoms with Crippen LogP contribution in [0.3, 0.4) is 0 Å². The van der Waals surface area contributed by atoms with Crippen LogP contribution in [0.5, 0.6) is 0 Å². The predicted octanol–water partition coefficient (Wildman–Crippen LogP) is 12.1. The van der Waals surface area contributed by atoms with Gasteiger partial charge in [0.2, 0.25) is 12.7 Å². The van der Waals surface area contributed by atoms with E-state index in [4.69, 9.17) is 15.0 Å². The number of benzene rings is 8. The highest BCUT2D eigenvalue weighted by Crippen LogP contribution is 2.46. The first-order chi connectivity index (χ1) is 30.1. The summed E-state index contributed by atoms with van der Waals surface area (Å²) in [5, 5.41) is 2.34. The third-order valence-corrected chi connectivity index (χ3v) is 12.8. The van der Waals surface area contributed by atoms with Crippen LogP contribution in [0.15, 0.2) is 158 Å². The van der Waals surface area contributed by atoms with Crippen LogP contribution in [0.1, 0.15) is 50.1 Å². The van der Waals surface area contributed by atoms with Gasteiger partial charge in [0.15, 0.2) is 11.6 Å². The average Bonchev–Trinajstić information content (AvgIpc) is 3.27. The van der Waals surface area contributed by atoms with Gasteiger partial charge in [-0.15, -0.1) is 0 Å². The van der Waals surface area contributed by atoms with Crippen molar-refractivity contribution in [3.8, 4) is 33.9 Å². The van der Waals surface area contributed by atoms with Gasteiger partial charge in [0, 0.05) is 16.7 Å². The molecule has 10 rings (SSSR count). The van der Waals surface area contributed by atoms with E-state index in [0.29, 0.717) is 17.6 Å². The zero-order chi connectivity index (χ0) is 42.6. The number of aromatic nitrogens is 3. The first-order valence-electron chi connectivity index (χ1n) is 21.7. The quantitative estimate of drug-likeness (QED) is 0.151. The summed E-state index contributed by atoms with van der Waals surface area (Å²) in [6.45, 7) is 16.0. The van der Waals surface area contributed by atoms with Gasteiger partial charge < -0.3 is 0 Å². The Morgan fingerprint density at radius 2 is 0.968 bits per heavy atom. The SMILES string of the molecule is Cc1cc(C)c(B2c3c(C)cc(C)cc3Cc3cc(C)c(N(c4nc(-c5ccccc5)nc(-c5ccccc5)n4)c4ccc5ccccc5c4-c4ccccc4)c(C)c32)c(C)c1. The maximum Gasteiger partial charge on any atom is 0.243 e. The first kappa shape index (κ1) is 39.1. The van der Waals surface area contributed by atoms with Crippen molar-refractivity contribution in [1.29, 1.82) is 0 Å². The van der Waals surface area contributed by atoms with E-state index < -0.39 is 0 Å². The minimum Gasteiger partial charge on any atom is -0.278 e. The predicted molar refractivity (Wildman–Crippen MR) is 262 cm³/mol. The molecular formula is C57H49BN4. The third-order valence-electron chi connectivity index (χ3n) is 12.8. The van der Waals surface area contributed by atoms with E-state index in [9.17, 15) is 0 Å². The van der Waals surface area contributed by atoms with Crippen molar-refractivity contribution in [3.63, 3.8) is 0 Å². The number of anilines is 3. The van der Waals surface area contributed by atoms with Crippen molar-refractivity contribution in [2.75, 3.05) is 4.90 Å². The van der Waals surface area contributed by atoms with Crippen molar-refractivity contribution in [1.82, 2.24) is 15.0 Å². The summed E-state index contributed by atoms with van der Waals surface area (Å²) in [5.41, 5.74) is 22.2. The first-order valence-corrected chi connectivity index (χ1v) is 21.7. The summed E-state index contributed by atoms with van der Waals surface area (Å²) in [7, 11) is 0. The summed E-state index contributed by atoms with van der Waals surface area (Å²) in [6.07, 6.45) is 0.878. The number of hydrogen-bond donors (Lipinski definition) is 0. The van der Waals surface area contributed by atoms with Crippen LogP contribution in [0.25, 0.3) is 44.7 Å². The van der Waals surface area contributed by atoms with Crippen LogP contribution >= 0.6 is 0 Å². The molecule has 4 nitrogen and oxygen atoms in total. The molecule has 1 aromatic heterocycles. The molecule has 62 heavy (non-hydrogen) atoms. The summed E-state index contributed by atoms with van der Waals surface area (Å²) < 4.78 is 0. The number of fused-ring (bicyclic) bond motifs is 3. The maximum absolute atomic E-state index is 5.47. The lowest BCUT2D eigenvalue weighted by Crippen LogP contribution is -2.60. The zero-order valence-corrected chi connectivity index (χ0v) is 36.6. The number of nitrogens with zero attached hydrogens (tertiary/aromatic N) is 4. The summed E-state index contributed by atoms with van der Waals surface area (Å²) in [4.78, 5) is 18.5. The number of hydrogen-bond acceptors (Lipinski definition) is 4. The highest BCUT2D eigenvalue weighted by Gasteiger charge is 2.38. The van der Waals surface area contributed by atoms with E-state index in [1.165, 1.54) is 77.2 Å². The molecule has 1 aliphatic rings. The van der Waals surface area contributed by atoms with E-state index in [0.717, 1.165) is 40.0 Å². The normalized spacial score (nSPS) is 12.0. The van der Waals surface area contributed by atoms with Gasteiger partial charge in [-0.25, -0.2) is 4.98 Å². The van der Waals surface area contributed by atoms with Crippen molar-refractivity contribution in [2.45, 2.75) is 54.9 Å². The molecule has 300 valence electrons. The Bertz CT molecular complexity index is 3070. The Balaban J connectivity index is 1.34. The van der Waals surface area contributed by atoms with Crippen molar-refractivity contribution >= 4 is 51.2 Å². The fraction of sp³-hybridized carbons (Fsp3) is 0.140. The Morgan fingerprint density at radius 1 is 0.452 bits per heavy atom. The van der Waals surface area contributed by atoms with E-state index in [1.807, 2.05) is 36.4 Å². The molecule has 0 N–H and O–H groups in total. The maximum atomic E-state index is 5.47. The van der Waals surface area contributed by atoms with Gasteiger partial charge in [-0.2, -0.15) is 9.97 Å². The van der Waals surface area contributed by atoms with Gasteiger partial charge in [-0.3, -0.25) is 4.90 Å². The smallest absolute Gasteiger partial charge is 0.243 e. The van der Waals surface area contributed by atoms with Gasteiger partial charge in [0.25, 0.3) is 0 Å². The van der Waals surface area contributed by atoms with Crippen LogP contribution < -0.4 is 21.3 Å². The van der Waals surface area contributed by atoms with Crippen molar-refractivity contribution < 1.29 is 0 Å². The van der Waals surface area contributed by atoms with E-state index in [1.54, 1.807) is 0 Å². The summed E-state index contributed by atoms with van der Waals surface area (Å²) in [5.74, 6) is 1.82. The highest BCUT2D eigenvalue weighted by atomic mass is 15.3. The molecule has 0 aliphatic carbocycles. The Hall–Kier alpha value is -7.11. The molecule has 0 saturated carbocycles. The molecule has 2 heterocycles. The minimum atomic E-state index is 0.0412. The molecule has 0 saturated heterocycles. The van der Waals surface area contributed by atoms with Gasteiger partial charge in [0.1, 0.15) is 0 Å². The van der Waals surface area contributed by atoms with Gasteiger partial charge >= 0.3 is 0 Å². The Kier molecular flexibility index (Phi) is 9.91.